The number of aromatic nitrogens is 3. The van der Waals surface area contributed by atoms with Crippen molar-refractivity contribution in [3.63, 3.8) is 0 Å². The number of rotatable bonds is 7. The second kappa shape index (κ2) is 10.9. The largest absolute Gasteiger partial charge is 0.423 e. The molecule has 0 spiro atoms. The maximum Gasteiger partial charge on any atom is 0.423 e. The first-order valence-electron chi connectivity index (χ1n) is 11.8. The van der Waals surface area contributed by atoms with E-state index in [9.17, 15) is 22.8 Å². The Balaban J connectivity index is 1.24. The van der Waals surface area contributed by atoms with Crippen LogP contribution >= 0.6 is 0 Å². The number of anilines is 2. The standard InChI is InChI=1S/C23H27F3N8O2/c24-23(25,26)21-18(15-30-31-22(21)36)34-7-1-2-17(34)14-28-6-5-20(35)33-10-8-32(9-11-33)19-4-3-16(12-27)13-29-19/h3-4,13,15,17,28H,1-2,5-11,14H2,(H,31,36)/t17-/m0/s1. The summed E-state index contributed by atoms with van der Waals surface area (Å²) in [4.78, 5) is 34.2. The summed E-state index contributed by atoms with van der Waals surface area (Å²) in [5.41, 5.74) is -2.19. The van der Waals surface area contributed by atoms with E-state index in [4.69, 9.17) is 5.26 Å². The second-order valence-electron chi connectivity index (χ2n) is 8.79. The van der Waals surface area contributed by atoms with Crippen LogP contribution in [0.4, 0.5) is 24.7 Å². The highest BCUT2D eigenvalue weighted by atomic mass is 19.4. The fraction of sp³-hybridized carbons (Fsp3) is 0.522. The predicted molar refractivity (Wildman–Crippen MR) is 125 cm³/mol. The summed E-state index contributed by atoms with van der Waals surface area (Å²) in [6, 6.07) is 5.32. The molecule has 13 heteroatoms. The Kier molecular flexibility index (Phi) is 7.73. The van der Waals surface area contributed by atoms with E-state index >= 15 is 0 Å². The van der Waals surface area contributed by atoms with Gasteiger partial charge in [0.05, 0.1) is 17.4 Å². The van der Waals surface area contributed by atoms with Crippen molar-refractivity contribution in [1.82, 2.24) is 25.4 Å². The number of hydrogen-bond acceptors (Lipinski definition) is 8. The van der Waals surface area contributed by atoms with Gasteiger partial charge in [-0.05, 0) is 25.0 Å². The quantitative estimate of drug-likeness (QED) is 0.542. The average Bonchev–Trinajstić information content (AvgIpc) is 3.34. The van der Waals surface area contributed by atoms with Gasteiger partial charge in [-0.2, -0.15) is 23.5 Å². The van der Waals surface area contributed by atoms with Crippen LogP contribution < -0.4 is 20.7 Å². The van der Waals surface area contributed by atoms with E-state index in [1.807, 2.05) is 11.2 Å². The third kappa shape index (κ3) is 5.76. The summed E-state index contributed by atoms with van der Waals surface area (Å²) in [5, 5.41) is 17.5. The minimum absolute atomic E-state index is 0.0105. The van der Waals surface area contributed by atoms with Crippen molar-refractivity contribution < 1.29 is 18.0 Å². The van der Waals surface area contributed by atoms with Crippen LogP contribution in [0.2, 0.25) is 0 Å². The van der Waals surface area contributed by atoms with E-state index in [0.29, 0.717) is 64.2 Å². The van der Waals surface area contributed by atoms with E-state index in [0.717, 1.165) is 12.0 Å². The normalized spacial score (nSPS) is 18.4. The number of alkyl halides is 3. The molecule has 2 aliphatic heterocycles. The Morgan fingerprint density at radius 3 is 2.64 bits per heavy atom. The number of nitrogens with one attached hydrogen (secondary N) is 2. The van der Waals surface area contributed by atoms with Gasteiger partial charge in [0, 0.05) is 64.5 Å². The molecule has 2 aliphatic rings. The van der Waals surface area contributed by atoms with Crippen molar-refractivity contribution in [3.8, 4) is 6.07 Å². The van der Waals surface area contributed by atoms with Crippen molar-refractivity contribution in [2.45, 2.75) is 31.5 Å². The molecule has 2 aromatic rings. The maximum atomic E-state index is 13.5. The van der Waals surface area contributed by atoms with Crippen LogP contribution in [0.25, 0.3) is 0 Å². The molecular formula is C23H27F3N8O2. The van der Waals surface area contributed by atoms with Gasteiger partial charge in [-0.15, -0.1) is 0 Å². The maximum absolute atomic E-state index is 13.5. The SMILES string of the molecule is N#Cc1ccc(N2CCN(C(=O)CCNC[C@@H]3CCCN3c3cn[nH]c(=O)c3C(F)(F)F)CC2)nc1. The number of carbonyl (C=O) groups excluding carboxylic acids is 1. The monoisotopic (exact) mass is 504 g/mol. The first kappa shape index (κ1) is 25.4. The fourth-order valence-corrected chi connectivity index (χ4v) is 4.69. The molecule has 10 nitrogen and oxygen atoms in total. The third-order valence-electron chi connectivity index (χ3n) is 6.54. The fourth-order valence-electron chi connectivity index (χ4n) is 4.69. The second-order valence-corrected chi connectivity index (χ2v) is 8.79. The Bertz CT molecular complexity index is 1150. The molecule has 192 valence electrons. The lowest BCUT2D eigenvalue weighted by molar-refractivity contribution is -0.138. The number of carbonyl (C=O) groups is 1. The predicted octanol–water partition coefficient (Wildman–Crippen LogP) is 1.35. The molecule has 2 N–H and O–H groups in total. The zero-order valence-electron chi connectivity index (χ0n) is 19.6. The van der Waals surface area contributed by atoms with Gasteiger partial charge in [0.2, 0.25) is 5.91 Å². The lowest BCUT2D eigenvalue weighted by Gasteiger charge is -2.35. The third-order valence-corrected chi connectivity index (χ3v) is 6.54. The Morgan fingerprint density at radius 2 is 1.97 bits per heavy atom. The molecule has 1 atom stereocenters. The molecule has 0 radical (unpaired) electrons. The molecule has 4 heterocycles. The van der Waals surface area contributed by atoms with Crippen LogP contribution in [0.1, 0.15) is 30.4 Å². The summed E-state index contributed by atoms with van der Waals surface area (Å²) in [5.74, 6) is 0.782. The van der Waals surface area contributed by atoms with Crippen molar-refractivity contribution in [1.29, 1.82) is 5.26 Å². The van der Waals surface area contributed by atoms with Crippen LogP contribution in [0.15, 0.2) is 29.3 Å². The molecule has 36 heavy (non-hydrogen) atoms. The summed E-state index contributed by atoms with van der Waals surface area (Å²) >= 11 is 0. The van der Waals surface area contributed by atoms with Gasteiger partial charge >= 0.3 is 6.18 Å². The van der Waals surface area contributed by atoms with Gasteiger partial charge in [-0.3, -0.25) is 9.59 Å². The molecule has 0 bridgehead atoms. The first-order chi connectivity index (χ1) is 17.3. The molecule has 1 amide bonds. The van der Waals surface area contributed by atoms with E-state index in [1.54, 1.807) is 21.9 Å². The van der Waals surface area contributed by atoms with Crippen molar-refractivity contribution in [2.75, 3.05) is 55.6 Å². The van der Waals surface area contributed by atoms with Gasteiger partial charge < -0.3 is 20.0 Å². The molecular weight excluding hydrogens is 477 g/mol. The number of nitriles is 1. The van der Waals surface area contributed by atoms with Gasteiger partial charge in [0.1, 0.15) is 17.5 Å². The highest BCUT2D eigenvalue weighted by Crippen LogP contribution is 2.36. The van der Waals surface area contributed by atoms with Gasteiger partial charge in [-0.25, -0.2) is 10.1 Å². The number of pyridine rings is 1. The van der Waals surface area contributed by atoms with Gasteiger partial charge in [0.25, 0.3) is 5.56 Å². The minimum Gasteiger partial charge on any atom is -0.365 e. The average molecular weight is 505 g/mol. The summed E-state index contributed by atoms with van der Waals surface area (Å²) in [7, 11) is 0. The lowest BCUT2D eigenvalue weighted by atomic mass is 10.1. The zero-order chi connectivity index (χ0) is 25.7. The Hall–Kier alpha value is -3.66. The van der Waals surface area contributed by atoms with Crippen LogP contribution in [0, 0.1) is 11.3 Å². The molecule has 2 saturated heterocycles. The zero-order valence-corrected chi connectivity index (χ0v) is 19.6. The van der Waals surface area contributed by atoms with Crippen molar-refractivity contribution in [2.24, 2.45) is 0 Å². The van der Waals surface area contributed by atoms with Gasteiger partial charge in [-0.1, -0.05) is 0 Å². The van der Waals surface area contributed by atoms with Gasteiger partial charge in [0.15, 0.2) is 0 Å². The van der Waals surface area contributed by atoms with E-state index in [2.05, 4.69) is 20.3 Å². The van der Waals surface area contributed by atoms with E-state index in [1.165, 1.54) is 6.20 Å². The minimum atomic E-state index is -4.78. The Labute approximate surface area is 205 Å². The molecule has 0 aromatic carbocycles. The summed E-state index contributed by atoms with van der Waals surface area (Å²) < 4.78 is 40.4. The molecule has 2 aromatic heterocycles. The van der Waals surface area contributed by atoms with E-state index < -0.39 is 17.3 Å². The highest BCUT2D eigenvalue weighted by molar-refractivity contribution is 5.76. The van der Waals surface area contributed by atoms with Crippen LogP contribution in [0.5, 0.6) is 0 Å². The van der Waals surface area contributed by atoms with Crippen LogP contribution in [-0.2, 0) is 11.0 Å². The topological polar surface area (TPSA) is 121 Å². The summed E-state index contributed by atoms with van der Waals surface area (Å²) in [6.45, 7) is 3.61. The molecule has 0 saturated carbocycles. The Morgan fingerprint density at radius 1 is 1.19 bits per heavy atom. The number of hydrogen-bond donors (Lipinski definition) is 2. The lowest BCUT2D eigenvalue weighted by Crippen LogP contribution is -2.49. The number of H-pyrrole nitrogens is 1. The molecule has 4 rings (SSSR count). The van der Waals surface area contributed by atoms with Crippen LogP contribution in [-0.4, -0.2) is 77.8 Å². The first-order valence-corrected chi connectivity index (χ1v) is 11.8. The molecule has 2 fully saturated rings. The number of aromatic amines is 1. The molecule has 0 aliphatic carbocycles. The van der Waals surface area contributed by atoms with Crippen molar-refractivity contribution in [3.05, 3.63) is 46.0 Å². The molecule has 0 unspecified atom stereocenters. The van der Waals surface area contributed by atoms with Crippen LogP contribution in [0.3, 0.4) is 0 Å². The number of nitrogens with zero attached hydrogens (tertiary/aromatic N) is 6. The number of halogens is 3. The number of amides is 1. The number of piperazine rings is 1. The highest BCUT2D eigenvalue weighted by Gasteiger charge is 2.40. The van der Waals surface area contributed by atoms with E-state index in [-0.39, 0.29) is 24.1 Å². The van der Waals surface area contributed by atoms with Crippen molar-refractivity contribution >= 4 is 17.4 Å². The smallest absolute Gasteiger partial charge is 0.365 e. The summed E-state index contributed by atoms with van der Waals surface area (Å²) in [6.07, 6.45) is -0.537.